The SMILES string of the molecule is CCC(CC)N(OC(=O)Oc1ccccc1)OC(=O)Oc1ccccc1. The second-order valence-electron chi connectivity index (χ2n) is 5.27. The highest BCUT2D eigenvalue weighted by atomic mass is 17.0. The zero-order valence-corrected chi connectivity index (χ0v) is 14.7. The Morgan fingerprint density at radius 1 is 0.769 bits per heavy atom. The van der Waals surface area contributed by atoms with Gasteiger partial charge in [-0.05, 0) is 37.1 Å². The Bertz CT molecular complexity index is 632. The zero-order chi connectivity index (χ0) is 18.8. The molecule has 2 aromatic carbocycles. The summed E-state index contributed by atoms with van der Waals surface area (Å²) >= 11 is 0. The van der Waals surface area contributed by atoms with E-state index < -0.39 is 12.3 Å². The van der Waals surface area contributed by atoms with Gasteiger partial charge in [0.1, 0.15) is 11.5 Å². The molecule has 7 nitrogen and oxygen atoms in total. The molecule has 2 aromatic rings. The lowest BCUT2D eigenvalue weighted by Crippen LogP contribution is -2.39. The van der Waals surface area contributed by atoms with Crippen LogP contribution in [0.4, 0.5) is 9.59 Å². The molecule has 26 heavy (non-hydrogen) atoms. The minimum absolute atomic E-state index is 0.314. The third-order valence-corrected chi connectivity index (χ3v) is 3.46. The van der Waals surface area contributed by atoms with Crippen LogP contribution in [0.25, 0.3) is 0 Å². The summed E-state index contributed by atoms with van der Waals surface area (Å²) in [5.74, 6) is 0.628. The number of hydrogen-bond donors (Lipinski definition) is 0. The molecule has 0 unspecified atom stereocenters. The van der Waals surface area contributed by atoms with E-state index >= 15 is 0 Å². The third-order valence-electron chi connectivity index (χ3n) is 3.46. The quantitative estimate of drug-likeness (QED) is 0.401. The van der Waals surface area contributed by atoms with Crippen molar-refractivity contribution in [3.63, 3.8) is 0 Å². The maximum absolute atomic E-state index is 12.0. The van der Waals surface area contributed by atoms with Gasteiger partial charge >= 0.3 is 12.3 Å². The van der Waals surface area contributed by atoms with Gasteiger partial charge in [0.25, 0.3) is 0 Å². The van der Waals surface area contributed by atoms with Crippen molar-refractivity contribution in [2.75, 3.05) is 0 Å². The molecule has 2 rings (SSSR count). The lowest BCUT2D eigenvalue weighted by atomic mass is 10.2. The van der Waals surface area contributed by atoms with Crippen LogP contribution >= 0.6 is 0 Å². The average molecular weight is 359 g/mol. The fourth-order valence-corrected chi connectivity index (χ4v) is 2.11. The average Bonchev–Trinajstić information content (AvgIpc) is 2.64. The Hall–Kier alpha value is -3.06. The number of nitrogens with zero attached hydrogens (tertiary/aromatic N) is 1. The minimum atomic E-state index is -1.02. The van der Waals surface area contributed by atoms with Gasteiger partial charge in [0.2, 0.25) is 0 Å². The molecule has 0 saturated heterocycles. The van der Waals surface area contributed by atoms with E-state index in [1.54, 1.807) is 60.7 Å². The van der Waals surface area contributed by atoms with Crippen LogP contribution < -0.4 is 9.47 Å². The van der Waals surface area contributed by atoms with Crippen molar-refractivity contribution >= 4 is 12.3 Å². The summed E-state index contributed by atoms with van der Waals surface area (Å²) < 4.78 is 10.1. The summed E-state index contributed by atoms with van der Waals surface area (Å²) in [7, 11) is 0. The van der Waals surface area contributed by atoms with E-state index in [0.29, 0.717) is 24.3 Å². The number of carbonyl (C=O) groups is 2. The first kappa shape index (κ1) is 19.3. The van der Waals surface area contributed by atoms with Gasteiger partial charge in [-0.3, -0.25) is 9.68 Å². The van der Waals surface area contributed by atoms with Crippen LogP contribution in [0.5, 0.6) is 11.5 Å². The van der Waals surface area contributed by atoms with Crippen LogP contribution in [-0.2, 0) is 9.68 Å². The molecule has 0 spiro atoms. The second kappa shape index (κ2) is 10.0. The first-order valence-electron chi connectivity index (χ1n) is 8.31. The fraction of sp³-hybridized carbons (Fsp3) is 0.263. The number of hydroxylamine groups is 2. The van der Waals surface area contributed by atoms with Crippen LogP contribution in [-0.4, -0.2) is 23.6 Å². The fourth-order valence-electron chi connectivity index (χ4n) is 2.11. The monoisotopic (exact) mass is 359 g/mol. The number of benzene rings is 2. The maximum atomic E-state index is 12.0. The summed E-state index contributed by atoms with van der Waals surface area (Å²) in [6.07, 6.45) is -0.882. The van der Waals surface area contributed by atoms with E-state index in [2.05, 4.69) is 0 Å². The normalized spacial score (nSPS) is 10.5. The van der Waals surface area contributed by atoms with Gasteiger partial charge in [-0.25, -0.2) is 9.59 Å². The van der Waals surface area contributed by atoms with Crippen LogP contribution in [0, 0.1) is 0 Å². The molecule has 0 aliphatic rings. The molecule has 0 fully saturated rings. The highest BCUT2D eigenvalue weighted by molar-refractivity contribution is 5.65. The van der Waals surface area contributed by atoms with E-state index in [1.165, 1.54) is 0 Å². The smallest absolute Gasteiger partial charge is 0.394 e. The summed E-state index contributed by atoms with van der Waals surface area (Å²) in [5, 5.41) is 0.816. The Labute approximate surface area is 151 Å². The molecular formula is C19H21NO6. The zero-order valence-electron chi connectivity index (χ0n) is 14.7. The van der Waals surface area contributed by atoms with Crippen LogP contribution in [0.2, 0.25) is 0 Å². The largest absolute Gasteiger partial charge is 0.536 e. The van der Waals surface area contributed by atoms with Crippen molar-refractivity contribution in [1.29, 1.82) is 0 Å². The van der Waals surface area contributed by atoms with Crippen LogP contribution in [0.1, 0.15) is 26.7 Å². The van der Waals surface area contributed by atoms with Gasteiger partial charge in [-0.1, -0.05) is 50.2 Å². The molecule has 7 heteroatoms. The summed E-state index contributed by atoms with van der Waals surface area (Å²) in [5.41, 5.74) is 0. The van der Waals surface area contributed by atoms with Crippen molar-refractivity contribution < 1.29 is 28.7 Å². The van der Waals surface area contributed by atoms with Crippen molar-refractivity contribution in [3.05, 3.63) is 60.7 Å². The third kappa shape index (κ3) is 6.10. The standard InChI is InChI=1S/C19H21NO6/c1-3-15(4-2)20(25-18(21)23-16-11-7-5-8-12-16)26-19(22)24-17-13-9-6-10-14-17/h5-15H,3-4H2,1-2H3. The minimum Gasteiger partial charge on any atom is -0.394 e. The first-order valence-corrected chi connectivity index (χ1v) is 8.31. The molecule has 0 atom stereocenters. The summed E-state index contributed by atoms with van der Waals surface area (Å²) in [6.45, 7) is 3.75. The van der Waals surface area contributed by atoms with Gasteiger partial charge in [0.05, 0.1) is 6.04 Å². The number of rotatable bonds is 7. The molecule has 0 saturated carbocycles. The molecule has 138 valence electrons. The van der Waals surface area contributed by atoms with Crippen molar-refractivity contribution in [2.45, 2.75) is 32.7 Å². The number of carbonyl (C=O) groups excluding carboxylic acids is 2. The molecular weight excluding hydrogens is 338 g/mol. The molecule has 0 bridgehead atoms. The van der Waals surface area contributed by atoms with Gasteiger partial charge < -0.3 is 9.47 Å². The van der Waals surface area contributed by atoms with E-state index in [-0.39, 0.29) is 6.04 Å². The number of ether oxygens (including phenoxy) is 2. The van der Waals surface area contributed by atoms with Crippen molar-refractivity contribution in [1.82, 2.24) is 5.23 Å². The Balaban J connectivity index is 1.98. The Morgan fingerprint density at radius 2 is 1.15 bits per heavy atom. The van der Waals surface area contributed by atoms with Gasteiger partial charge in [-0.15, -0.1) is 0 Å². The van der Waals surface area contributed by atoms with Crippen molar-refractivity contribution in [2.24, 2.45) is 0 Å². The van der Waals surface area contributed by atoms with E-state index in [0.717, 1.165) is 5.23 Å². The van der Waals surface area contributed by atoms with E-state index in [4.69, 9.17) is 19.1 Å². The second-order valence-corrected chi connectivity index (χ2v) is 5.27. The van der Waals surface area contributed by atoms with Crippen LogP contribution in [0.15, 0.2) is 60.7 Å². The van der Waals surface area contributed by atoms with E-state index in [1.807, 2.05) is 13.8 Å². The Morgan fingerprint density at radius 3 is 1.50 bits per heavy atom. The topological polar surface area (TPSA) is 74.3 Å². The van der Waals surface area contributed by atoms with Crippen LogP contribution in [0.3, 0.4) is 0 Å². The molecule has 0 N–H and O–H groups in total. The number of para-hydroxylation sites is 2. The van der Waals surface area contributed by atoms with Gasteiger partial charge in [0, 0.05) is 5.23 Å². The molecule has 0 aliphatic carbocycles. The lowest BCUT2D eigenvalue weighted by molar-refractivity contribution is -0.331. The maximum Gasteiger partial charge on any atom is 0.536 e. The predicted octanol–water partition coefficient (Wildman–Crippen LogP) is 4.74. The van der Waals surface area contributed by atoms with Crippen molar-refractivity contribution in [3.8, 4) is 11.5 Å². The number of hydrogen-bond acceptors (Lipinski definition) is 7. The summed E-state index contributed by atoms with van der Waals surface area (Å²) in [4.78, 5) is 34.1. The lowest BCUT2D eigenvalue weighted by Gasteiger charge is -2.25. The Kier molecular flexibility index (Phi) is 7.45. The molecule has 0 aliphatic heterocycles. The molecule has 0 amide bonds. The van der Waals surface area contributed by atoms with E-state index in [9.17, 15) is 9.59 Å². The predicted molar refractivity (Wildman–Crippen MR) is 93.3 cm³/mol. The van der Waals surface area contributed by atoms with Gasteiger partial charge in [0.15, 0.2) is 0 Å². The molecule has 0 radical (unpaired) electrons. The highest BCUT2D eigenvalue weighted by Gasteiger charge is 2.26. The summed E-state index contributed by atoms with van der Waals surface area (Å²) in [6, 6.07) is 16.5. The molecule has 0 heterocycles. The van der Waals surface area contributed by atoms with Gasteiger partial charge in [-0.2, -0.15) is 0 Å². The highest BCUT2D eigenvalue weighted by Crippen LogP contribution is 2.16. The molecule has 0 aromatic heterocycles. The first-order chi connectivity index (χ1) is 12.6.